The Hall–Kier alpha value is -0.710. The van der Waals surface area contributed by atoms with Gasteiger partial charge < -0.3 is 14.6 Å². The van der Waals surface area contributed by atoms with Gasteiger partial charge in [0.05, 0.1) is 0 Å². The molecule has 222 valence electrons. The van der Waals surface area contributed by atoms with Crippen molar-refractivity contribution in [2.45, 2.75) is 120 Å². The van der Waals surface area contributed by atoms with E-state index >= 15 is 0 Å². The van der Waals surface area contributed by atoms with Crippen molar-refractivity contribution < 1.29 is 19.4 Å². The van der Waals surface area contributed by atoms with Crippen molar-refractivity contribution in [3.63, 3.8) is 0 Å². The number of carbonyl (C=O) groups excluding carboxylic acids is 1. The van der Waals surface area contributed by atoms with Gasteiger partial charge >= 0.3 is 0 Å². The molecule has 4 fully saturated rings. The molecule has 0 spiro atoms. The van der Waals surface area contributed by atoms with Gasteiger partial charge in [0.1, 0.15) is 0 Å². The van der Waals surface area contributed by atoms with E-state index in [1.807, 2.05) is 13.8 Å². The van der Waals surface area contributed by atoms with Crippen LogP contribution in [0.4, 0.5) is 0 Å². The van der Waals surface area contributed by atoms with Crippen molar-refractivity contribution in [3.05, 3.63) is 11.6 Å². The molecule has 0 saturated heterocycles. The van der Waals surface area contributed by atoms with Crippen molar-refractivity contribution in [1.29, 1.82) is 0 Å². The number of ketones is 1. The lowest BCUT2D eigenvalue weighted by atomic mass is 9.32. The molecule has 0 aromatic carbocycles. The van der Waals surface area contributed by atoms with E-state index in [4.69, 9.17) is 9.47 Å². The lowest BCUT2D eigenvalue weighted by Gasteiger charge is -2.72. The van der Waals surface area contributed by atoms with Gasteiger partial charge in [0.25, 0.3) is 0 Å². The van der Waals surface area contributed by atoms with E-state index in [-0.39, 0.29) is 27.4 Å². The van der Waals surface area contributed by atoms with Gasteiger partial charge in [0, 0.05) is 30.8 Å². The van der Waals surface area contributed by atoms with Crippen molar-refractivity contribution in [2.24, 2.45) is 62.6 Å². The summed E-state index contributed by atoms with van der Waals surface area (Å²) in [6, 6.07) is 0. The Morgan fingerprint density at radius 3 is 2.13 bits per heavy atom. The third-order valence-corrected chi connectivity index (χ3v) is 14.1. The van der Waals surface area contributed by atoms with Crippen LogP contribution in [-0.4, -0.2) is 37.0 Å². The number of ether oxygens (including phenoxy) is 2. The fourth-order valence-electron chi connectivity index (χ4n) is 12.1. The highest BCUT2D eigenvalue weighted by atomic mass is 16.7. The van der Waals surface area contributed by atoms with Crippen LogP contribution in [0.3, 0.4) is 0 Å². The number of allylic oxidation sites excluding steroid dienone is 1. The van der Waals surface area contributed by atoms with Crippen LogP contribution in [0.15, 0.2) is 11.6 Å². The second kappa shape index (κ2) is 9.94. The molecule has 4 heteroatoms. The first kappa shape index (κ1) is 29.8. The summed E-state index contributed by atoms with van der Waals surface area (Å²) in [6.45, 7) is 22.4. The third-order valence-electron chi connectivity index (χ3n) is 14.1. The van der Waals surface area contributed by atoms with E-state index < -0.39 is 11.7 Å². The average Bonchev–Trinajstić information content (AvgIpc) is 3.27. The monoisotopic (exact) mass is 542 g/mol. The Morgan fingerprint density at radius 2 is 1.54 bits per heavy atom. The van der Waals surface area contributed by atoms with Crippen molar-refractivity contribution in [2.75, 3.05) is 19.8 Å². The van der Waals surface area contributed by atoms with Gasteiger partial charge in [-0.3, -0.25) is 4.79 Å². The van der Waals surface area contributed by atoms with Crippen LogP contribution in [-0.2, 0) is 14.3 Å². The van der Waals surface area contributed by atoms with Gasteiger partial charge in [0.15, 0.2) is 12.1 Å². The van der Waals surface area contributed by atoms with Gasteiger partial charge in [-0.15, -0.1) is 0 Å². The topological polar surface area (TPSA) is 55.8 Å². The molecule has 9 unspecified atom stereocenters. The minimum absolute atomic E-state index is 0.0706. The summed E-state index contributed by atoms with van der Waals surface area (Å²) >= 11 is 0. The lowest BCUT2D eigenvalue weighted by molar-refractivity contribution is -0.225. The molecule has 0 bridgehead atoms. The first-order valence-corrected chi connectivity index (χ1v) is 16.4. The highest BCUT2D eigenvalue weighted by Crippen LogP contribution is 2.77. The molecular weight excluding hydrogens is 484 g/mol. The summed E-state index contributed by atoms with van der Waals surface area (Å²) in [4.78, 5) is 14.0. The van der Waals surface area contributed by atoms with Crippen LogP contribution in [0.2, 0.25) is 0 Å². The van der Waals surface area contributed by atoms with Gasteiger partial charge in [-0.1, -0.05) is 54.5 Å². The molecule has 0 aromatic rings. The molecule has 4 nitrogen and oxygen atoms in total. The Morgan fingerprint density at radius 1 is 0.872 bits per heavy atom. The first-order valence-electron chi connectivity index (χ1n) is 16.4. The fraction of sp³-hybridized carbons (Fsp3) is 0.914. The van der Waals surface area contributed by atoms with Crippen molar-refractivity contribution in [1.82, 2.24) is 0 Å². The van der Waals surface area contributed by atoms with Crippen LogP contribution < -0.4 is 0 Å². The second-order valence-electron chi connectivity index (χ2n) is 15.9. The predicted molar refractivity (Wildman–Crippen MR) is 157 cm³/mol. The zero-order valence-electron chi connectivity index (χ0n) is 26.6. The van der Waals surface area contributed by atoms with Crippen LogP contribution in [0.25, 0.3) is 0 Å². The molecule has 0 amide bonds. The Kier molecular flexibility index (Phi) is 7.59. The minimum Gasteiger partial charge on any atom is -0.396 e. The van der Waals surface area contributed by atoms with Crippen LogP contribution >= 0.6 is 0 Å². The SMILES string of the molecule is CCOC(OCC)C1=CC2(C)C(CCC3(C)C2CCC2C4C(C(C)C)CCC4(CO)CCC23C)C(C)(C)C1=O. The molecule has 0 radical (unpaired) electrons. The van der Waals surface area contributed by atoms with E-state index in [0.29, 0.717) is 49.4 Å². The highest BCUT2D eigenvalue weighted by Gasteiger charge is 2.71. The number of Topliss-reactive ketones (excluding diaryl/α,β-unsaturated/α-hetero) is 1. The van der Waals surface area contributed by atoms with Gasteiger partial charge in [-0.25, -0.2) is 0 Å². The molecule has 9 atom stereocenters. The number of rotatable bonds is 7. The number of aliphatic hydroxyl groups excluding tert-OH is 1. The summed E-state index contributed by atoms with van der Waals surface area (Å²) in [6.07, 6.45) is 11.5. The molecule has 4 saturated carbocycles. The van der Waals surface area contributed by atoms with Crippen molar-refractivity contribution in [3.8, 4) is 0 Å². The van der Waals surface area contributed by atoms with E-state index in [9.17, 15) is 9.90 Å². The average molecular weight is 543 g/mol. The number of fused-ring (bicyclic) bond motifs is 7. The van der Waals surface area contributed by atoms with Crippen LogP contribution in [0.1, 0.15) is 114 Å². The van der Waals surface area contributed by atoms with Gasteiger partial charge in [-0.2, -0.15) is 0 Å². The molecular formula is C35H58O4. The standard InChI is InChI=1S/C35H58O4/c1-10-38-30(39-11-2)24-20-32(7)26(31(5,6)29(24)37)15-16-34(9)27(32)13-12-25-28-23(22(3)4)14-17-35(28,21-36)19-18-33(25,34)8/h20,22-23,25-28,30,36H,10-19,21H2,1-9H3. The smallest absolute Gasteiger partial charge is 0.186 e. The van der Waals surface area contributed by atoms with Crippen molar-refractivity contribution >= 4 is 5.78 Å². The Labute approximate surface area is 239 Å². The van der Waals surface area contributed by atoms with Crippen LogP contribution in [0, 0.1) is 62.6 Å². The molecule has 5 aliphatic carbocycles. The molecule has 1 N–H and O–H groups in total. The molecule has 0 heterocycles. The minimum atomic E-state index is -0.574. The first-order chi connectivity index (χ1) is 18.3. The third kappa shape index (κ3) is 3.96. The second-order valence-corrected chi connectivity index (χ2v) is 15.9. The van der Waals surface area contributed by atoms with E-state index in [1.165, 1.54) is 44.9 Å². The van der Waals surface area contributed by atoms with E-state index in [1.54, 1.807) is 0 Å². The van der Waals surface area contributed by atoms with E-state index in [2.05, 4.69) is 54.5 Å². The zero-order chi connectivity index (χ0) is 28.6. The van der Waals surface area contributed by atoms with Gasteiger partial charge in [-0.05, 0) is 122 Å². The Bertz CT molecular complexity index is 977. The molecule has 0 aliphatic heterocycles. The van der Waals surface area contributed by atoms with Gasteiger partial charge in [0.2, 0.25) is 0 Å². The van der Waals surface area contributed by atoms with E-state index in [0.717, 1.165) is 17.9 Å². The molecule has 39 heavy (non-hydrogen) atoms. The summed E-state index contributed by atoms with van der Waals surface area (Å²) in [5.74, 6) is 3.79. The predicted octanol–water partition coefficient (Wildman–Crippen LogP) is 7.83. The molecule has 5 aliphatic rings. The summed E-state index contributed by atoms with van der Waals surface area (Å²) < 4.78 is 12.1. The number of carbonyl (C=O) groups is 1. The fourth-order valence-corrected chi connectivity index (χ4v) is 12.1. The number of hydrogen-bond acceptors (Lipinski definition) is 4. The molecule has 0 aromatic heterocycles. The normalized spacial score (nSPS) is 46.9. The maximum Gasteiger partial charge on any atom is 0.186 e. The maximum atomic E-state index is 14.0. The maximum absolute atomic E-state index is 14.0. The molecule has 5 rings (SSSR count). The summed E-state index contributed by atoms with van der Waals surface area (Å²) in [7, 11) is 0. The summed E-state index contributed by atoms with van der Waals surface area (Å²) in [5.41, 5.74) is 0.854. The van der Waals surface area contributed by atoms with Crippen LogP contribution in [0.5, 0.6) is 0 Å². The highest BCUT2D eigenvalue weighted by molar-refractivity contribution is 6.01. The Balaban J connectivity index is 1.59. The zero-order valence-corrected chi connectivity index (χ0v) is 26.6. The largest absolute Gasteiger partial charge is 0.396 e. The quantitative estimate of drug-likeness (QED) is 0.333. The summed E-state index contributed by atoms with van der Waals surface area (Å²) in [5, 5.41) is 10.8. The number of aliphatic hydroxyl groups is 1. The number of hydrogen-bond donors (Lipinski definition) is 1. The lowest BCUT2D eigenvalue weighted by Crippen LogP contribution is -2.66.